The molecule has 1 aliphatic rings. The summed E-state index contributed by atoms with van der Waals surface area (Å²) in [6.07, 6.45) is 6.50. The van der Waals surface area contributed by atoms with Gasteiger partial charge in [0.15, 0.2) is 0 Å². The first-order valence-corrected chi connectivity index (χ1v) is 11.8. The Morgan fingerprint density at radius 2 is 1.89 bits per heavy atom. The molecule has 1 unspecified atom stereocenters. The molecule has 1 aliphatic heterocycles. The van der Waals surface area contributed by atoms with Crippen molar-refractivity contribution < 1.29 is 8.42 Å². The molecule has 0 N–H and O–H groups in total. The first-order chi connectivity index (χ1) is 12.8. The van der Waals surface area contributed by atoms with Gasteiger partial charge in [-0.05, 0) is 49.8 Å². The van der Waals surface area contributed by atoms with E-state index in [0.29, 0.717) is 18.4 Å². The maximum absolute atomic E-state index is 12.1. The van der Waals surface area contributed by atoms with Gasteiger partial charge in [0, 0.05) is 19.3 Å². The normalized spacial score (nSPS) is 19.3. The third kappa shape index (κ3) is 5.20. The highest BCUT2D eigenvalue weighted by Gasteiger charge is 2.23. The molecule has 0 aliphatic carbocycles. The Balaban J connectivity index is 1.73. The summed E-state index contributed by atoms with van der Waals surface area (Å²) < 4.78 is 26.1. The van der Waals surface area contributed by atoms with E-state index in [1.807, 2.05) is 4.57 Å². The molecule has 0 amide bonds. The highest BCUT2D eigenvalue weighted by Crippen LogP contribution is 2.28. The molecular weight excluding hydrogens is 358 g/mol. The molecule has 148 valence electrons. The molecule has 0 spiro atoms. The fourth-order valence-electron chi connectivity index (χ4n) is 3.98. The van der Waals surface area contributed by atoms with Crippen LogP contribution in [0.5, 0.6) is 0 Å². The molecule has 3 rings (SSSR count). The van der Waals surface area contributed by atoms with Gasteiger partial charge in [-0.15, -0.1) is 0 Å². The molecule has 1 aromatic heterocycles. The lowest BCUT2D eigenvalue weighted by Crippen LogP contribution is -2.26. The Morgan fingerprint density at radius 3 is 2.56 bits per heavy atom. The molecule has 0 saturated carbocycles. The molecule has 0 bridgehead atoms. The average molecular weight is 390 g/mol. The Morgan fingerprint density at radius 1 is 1.15 bits per heavy atom. The van der Waals surface area contributed by atoms with Crippen molar-refractivity contribution in [3.63, 3.8) is 0 Å². The van der Waals surface area contributed by atoms with E-state index < -0.39 is 9.84 Å². The van der Waals surface area contributed by atoms with Gasteiger partial charge in [-0.25, -0.2) is 13.4 Å². The van der Waals surface area contributed by atoms with Crippen molar-refractivity contribution in [2.75, 3.05) is 19.3 Å². The quantitative estimate of drug-likeness (QED) is 0.756. The van der Waals surface area contributed by atoms with E-state index in [9.17, 15) is 8.42 Å². The summed E-state index contributed by atoms with van der Waals surface area (Å²) in [5.41, 5.74) is 2.44. The van der Waals surface area contributed by atoms with E-state index in [1.165, 1.54) is 18.2 Å². The Hall–Kier alpha value is -1.66. The van der Waals surface area contributed by atoms with Crippen molar-refractivity contribution in [2.24, 2.45) is 5.92 Å². The third-order valence-corrected chi connectivity index (χ3v) is 6.25. The number of hydrogen-bond donors (Lipinski definition) is 0. The Bertz CT molecular complexity index is 844. The van der Waals surface area contributed by atoms with Crippen LogP contribution in [-0.2, 0) is 22.9 Å². The van der Waals surface area contributed by atoms with E-state index in [2.05, 4.69) is 54.1 Å². The summed E-state index contributed by atoms with van der Waals surface area (Å²) in [7, 11) is -3.32. The van der Waals surface area contributed by atoms with Crippen LogP contribution in [-0.4, -0.2) is 42.2 Å². The third-order valence-electron chi connectivity index (χ3n) is 5.26. The highest BCUT2D eigenvalue weighted by atomic mass is 32.2. The number of imidazole rings is 1. The van der Waals surface area contributed by atoms with Crippen molar-refractivity contribution >= 4 is 9.84 Å². The van der Waals surface area contributed by atoms with Gasteiger partial charge < -0.3 is 4.57 Å². The molecule has 1 fully saturated rings. The number of aromatic nitrogens is 2. The van der Waals surface area contributed by atoms with Gasteiger partial charge in [0.25, 0.3) is 0 Å². The molecule has 1 atom stereocenters. The second-order valence-corrected chi connectivity index (χ2v) is 10.0. The SMILES string of the molecule is CC(C)Cn1c(CN2CCCC(c3ccccc3)CC2)cnc1S(C)(=O)=O. The van der Waals surface area contributed by atoms with Crippen LogP contribution in [0, 0.1) is 5.92 Å². The monoisotopic (exact) mass is 389 g/mol. The number of nitrogens with zero attached hydrogens (tertiary/aromatic N) is 3. The zero-order valence-electron chi connectivity index (χ0n) is 16.6. The minimum Gasteiger partial charge on any atom is -0.317 e. The topological polar surface area (TPSA) is 55.2 Å². The minimum atomic E-state index is -3.32. The van der Waals surface area contributed by atoms with Gasteiger partial charge in [0.05, 0.1) is 11.9 Å². The lowest BCUT2D eigenvalue weighted by atomic mass is 9.92. The number of rotatable bonds is 6. The van der Waals surface area contributed by atoms with E-state index in [0.717, 1.165) is 38.2 Å². The lowest BCUT2D eigenvalue weighted by molar-refractivity contribution is 0.265. The average Bonchev–Trinajstić information content (AvgIpc) is 2.85. The fourth-order valence-corrected chi connectivity index (χ4v) is 4.81. The summed E-state index contributed by atoms with van der Waals surface area (Å²) in [4.78, 5) is 6.69. The summed E-state index contributed by atoms with van der Waals surface area (Å²) in [5, 5.41) is 0.197. The summed E-state index contributed by atoms with van der Waals surface area (Å²) in [6, 6.07) is 10.8. The molecule has 2 heterocycles. The molecule has 5 nitrogen and oxygen atoms in total. The smallest absolute Gasteiger partial charge is 0.227 e. The van der Waals surface area contributed by atoms with Crippen LogP contribution in [0.4, 0.5) is 0 Å². The maximum atomic E-state index is 12.1. The van der Waals surface area contributed by atoms with Crippen molar-refractivity contribution in [2.45, 2.75) is 57.3 Å². The van der Waals surface area contributed by atoms with Crippen LogP contribution in [0.2, 0.25) is 0 Å². The fraction of sp³-hybridized carbons (Fsp3) is 0.571. The van der Waals surface area contributed by atoms with Crippen LogP contribution >= 0.6 is 0 Å². The van der Waals surface area contributed by atoms with Gasteiger partial charge in [-0.3, -0.25) is 4.90 Å². The number of hydrogen-bond acceptors (Lipinski definition) is 4. The van der Waals surface area contributed by atoms with E-state index in [-0.39, 0.29) is 5.16 Å². The molecule has 1 aromatic carbocycles. The number of benzene rings is 1. The second kappa shape index (κ2) is 8.57. The van der Waals surface area contributed by atoms with Gasteiger partial charge in [0.2, 0.25) is 15.0 Å². The van der Waals surface area contributed by atoms with Crippen LogP contribution in [0.1, 0.15) is 50.3 Å². The maximum Gasteiger partial charge on any atom is 0.227 e. The predicted octanol–water partition coefficient (Wildman–Crippen LogP) is 3.71. The van der Waals surface area contributed by atoms with Crippen molar-refractivity contribution in [3.05, 3.63) is 47.8 Å². The van der Waals surface area contributed by atoms with Crippen molar-refractivity contribution in [3.8, 4) is 0 Å². The van der Waals surface area contributed by atoms with E-state index in [1.54, 1.807) is 6.20 Å². The van der Waals surface area contributed by atoms with Crippen LogP contribution < -0.4 is 0 Å². The lowest BCUT2D eigenvalue weighted by Gasteiger charge is -2.22. The minimum absolute atomic E-state index is 0.197. The van der Waals surface area contributed by atoms with Gasteiger partial charge in [-0.2, -0.15) is 0 Å². The Kier molecular flexibility index (Phi) is 6.37. The van der Waals surface area contributed by atoms with Crippen LogP contribution in [0.25, 0.3) is 0 Å². The first-order valence-electron chi connectivity index (χ1n) is 9.86. The van der Waals surface area contributed by atoms with E-state index in [4.69, 9.17) is 0 Å². The first kappa shape index (κ1) is 20.1. The molecule has 0 radical (unpaired) electrons. The summed E-state index contributed by atoms with van der Waals surface area (Å²) in [6.45, 7) is 7.72. The number of sulfone groups is 1. The van der Waals surface area contributed by atoms with Gasteiger partial charge in [0.1, 0.15) is 0 Å². The molecule has 6 heteroatoms. The molecule has 1 saturated heterocycles. The summed E-state index contributed by atoms with van der Waals surface area (Å²) >= 11 is 0. The van der Waals surface area contributed by atoms with Crippen molar-refractivity contribution in [1.29, 1.82) is 0 Å². The largest absolute Gasteiger partial charge is 0.317 e. The van der Waals surface area contributed by atoms with E-state index >= 15 is 0 Å². The predicted molar refractivity (Wildman–Crippen MR) is 108 cm³/mol. The highest BCUT2D eigenvalue weighted by molar-refractivity contribution is 7.90. The van der Waals surface area contributed by atoms with Gasteiger partial charge >= 0.3 is 0 Å². The second-order valence-electron chi connectivity index (χ2n) is 8.12. The van der Waals surface area contributed by atoms with Gasteiger partial charge in [-0.1, -0.05) is 44.2 Å². The van der Waals surface area contributed by atoms with Crippen molar-refractivity contribution in [1.82, 2.24) is 14.5 Å². The zero-order chi connectivity index (χ0) is 19.4. The number of likely N-dealkylation sites (tertiary alicyclic amines) is 1. The molecule has 2 aromatic rings. The van der Waals surface area contributed by atoms with Crippen LogP contribution in [0.3, 0.4) is 0 Å². The molecular formula is C21H31N3O2S. The molecule has 27 heavy (non-hydrogen) atoms. The Labute approximate surface area is 163 Å². The zero-order valence-corrected chi connectivity index (χ0v) is 17.5. The summed E-state index contributed by atoms with van der Waals surface area (Å²) in [5.74, 6) is 0.980. The van der Waals surface area contributed by atoms with Crippen LogP contribution in [0.15, 0.2) is 41.7 Å². The standard InChI is InChI=1S/C21H31N3O2S/c1-17(2)15-24-20(14-22-21(24)27(3,25)26)16-23-12-7-10-19(11-13-23)18-8-5-4-6-9-18/h4-6,8-9,14,17,19H,7,10-13,15-16H2,1-3H3.